The molecule has 1 saturated carbocycles. The van der Waals surface area contributed by atoms with Gasteiger partial charge in [0.05, 0.1) is 17.0 Å². The third-order valence-electron chi connectivity index (χ3n) is 7.68. The smallest absolute Gasteiger partial charge is 0.270 e. The largest absolute Gasteiger partial charge is 0.348 e. The summed E-state index contributed by atoms with van der Waals surface area (Å²) >= 11 is 0. The van der Waals surface area contributed by atoms with Crippen LogP contribution >= 0.6 is 0 Å². The van der Waals surface area contributed by atoms with Gasteiger partial charge < -0.3 is 5.32 Å². The van der Waals surface area contributed by atoms with Crippen molar-refractivity contribution in [2.75, 3.05) is 13.1 Å². The van der Waals surface area contributed by atoms with Crippen molar-refractivity contribution in [1.82, 2.24) is 15.2 Å². The average Bonchev–Trinajstić information content (AvgIpc) is 2.90. The number of halogens is 1. The number of benzene rings is 2. The molecule has 1 aliphatic carbocycles. The van der Waals surface area contributed by atoms with Crippen LogP contribution in [-0.2, 0) is 12.0 Å². The maximum atomic E-state index is 14.5. The molecule has 0 unspecified atom stereocenters. The molecule has 1 aliphatic heterocycles. The summed E-state index contributed by atoms with van der Waals surface area (Å²) in [4.78, 5) is 20.0. The van der Waals surface area contributed by atoms with Crippen molar-refractivity contribution in [1.29, 1.82) is 5.26 Å². The normalized spacial score (nSPS) is 18.7. The minimum atomic E-state index is -0.798. The molecule has 180 valence electrons. The Hall–Kier alpha value is -3.30. The lowest BCUT2D eigenvalue weighted by molar-refractivity contribution is 0.0922. The molecule has 0 bridgehead atoms. The molecule has 1 amide bonds. The van der Waals surface area contributed by atoms with Gasteiger partial charge in [0, 0.05) is 36.6 Å². The second kappa shape index (κ2) is 10.1. The monoisotopic (exact) mass is 470 g/mol. The molecule has 0 radical (unpaired) electrons. The third-order valence-corrected chi connectivity index (χ3v) is 7.68. The summed E-state index contributed by atoms with van der Waals surface area (Å²) in [7, 11) is 0. The summed E-state index contributed by atoms with van der Waals surface area (Å²) in [5.74, 6) is -0.415. The number of nitriles is 1. The first-order chi connectivity index (χ1) is 17.1. The second-order valence-electron chi connectivity index (χ2n) is 9.94. The molecular weight excluding hydrogens is 439 g/mol. The van der Waals surface area contributed by atoms with E-state index in [1.165, 1.54) is 12.5 Å². The molecule has 1 saturated heterocycles. The lowest BCUT2D eigenvalue weighted by Gasteiger charge is -2.38. The Kier molecular flexibility index (Phi) is 6.79. The second-order valence-corrected chi connectivity index (χ2v) is 9.94. The van der Waals surface area contributed by atoms with Crippen LogP contribution < -0.4 is 5.32 Å². The topological polar surface area (TPSA) is 69.0 Å². The van der Waals surface area contributed by atoms with Crippen molar-refractivity contribution >= 4 is 16.8 Å². The van der Waals surface area contributed by atoms with E-state index in [0.29, 0.717) is 43.7 Å². The number of pyridine rings is 1. The highest BCUT2D eigenvalue weighted by Crippen LogP contribution is 2.37. The number of rotatable bonds is 5. The van der Waals surface area contributed by atoms with Crippen molar-refractivity contribution in [3.05, 3.63) is 77.2 Å². The number of para-hydroxylation sites is 1. The van der Waals surface area contributed by atoms with E-state index in [2.05, 4.69) is 21.3 Å². The van der Waals surface area contributed by atoms with E-state index in [4.69, 9.17) is 0 Å². The van der Waals surface area contributed by atoms with Crippen molar-refractivity contribution < 1.29 is 9.18 Å². The number of likely N-dealkylation sites (tertiary alicyclic amines) is 1. The standard InChI is InChI=1S/C29H31FN4O/c30-25-12-6-5-11-24(25)29(20-31)14-16-34(17-15-29)19-21-18-27(33-26-13-7-4-10-23(21)26)28(35)32-22-8-2-1-3-9-22/h4-7,10-13,18,22H,1-3,8-9,14-17,19H2,(H,32,35). The van der Waals surface area contributed by atoms with Gasteiger partial charge in [-0.1, -0.05) is 55.7 Å². The molecule has 1 N–H and O–H groups in total. The quantitative estimate of drug-likeness (QED) is 0.535. The molecule has 0 spiro atoms. The molecule has 5 nitrogen and oxygen atoms in total. The zero-order valence-corrected chi connectivity index (χ0v) is 20.0. The summed E-state index contributed by atoms with van der Waals surface area (Å²) in [6.45, 7) is 2.02. The van der Waals surface area contributed by atoms with Crippen molar-refractivity contribution in [2.45, 2.75) is 62.9 Å². The van der Waals surface area contributed by atoms with Gasteiger partial charge in [0.2, 0.25) is 0 Å². The molecule has 2 aliphatic rings. The molecule has 2 aromatic carbocycles. The third kappa shape index (κ3) is 4.92. The Morgan fingerprint density at radius 2 is 1.80 bits per heavy atom. The Bertz CT molecular complexity index is 1250. The Labute approximate surface area is 206 Å². The van der Waals surface area contributed by atoms with Gasteiger partial charge in [-0.15, -0.1) is 0 Å². The number of aromatic nitrogens is 1. The lowest BCUT2D eigenvalue weighted by atomic mass is 9.73. The summed E-state index contributed by atoms with van der Waals surface area (Å²) in [5, 5.41) is 14.2. The van der Waals surface area contributed by atoms with E-state index in [1.54, 1.807) is 18.2 Å². The number of fused-ring (bicyclic) bond motifs is 1. The van der Waals surface area contributed by atoms with Gasteiger partial charge in [-0.3, -0.25) is 9.69 Å². The molecule has 5 rings (SSSR count). The fraction of sp³-hybridized carbons (Fsp3) is 0.414. The summed E-state index contributed by atoms with van der Waals surface area (Å²) in [6, 6.07) is 19.1. The van der Waals surface area contributed by atoms with Crippen LogP contribution in [0.3, 0.4) is 0 Å². The molecular formula is C29H31FN4O. The minimum Gasteiger partial charge on any atom is -0.348 e. The number of hydrogen-bond acceptors (Lipinski definition) is 4. The average molecular weight is 471 g/mol. The van der Waals surface area contributed by atoms with Crippen molar-refractivity contribution in [3.63, 3.8) is 0 Å². The summed E-state index contributed by atoms with van der Waals surface area (Å²) in [5.41, 5.74) is 2.03. The summed E-state index contributed by atoms with van der Waals surface area (Å²) in [6.07, 6.45) is 6.77. The van der Waals surface area contributed by atoms with E-state index < -0.39 is 5.41 Å². The number of carbonyl (C=O) groups excluding carboxylic acids is 1. The van der Waals surface area contributed by atoms with E-state index in [1.807, 2.05) is 30.3 Å². The van der Waals surface area contributed by atoms with Gasteiger partial charge in [0.1, 0.15) is 11.5 Å². The number of carbonyl (C=O) groups is 1. The Morgan fingerprint density at radius 3 is 2.54 bits per heavy atom. The Morgan fingerprint density at radius 1 is 1.09 bits per heavy atom. The van der Waals surface area contributed by atoms with Gasteiger partial charge in [-0.25, -0.2) is 9.37 Å². The van der Waals surface area contributed by atoms with Gasteiger partial charge in [0.15, 0.2) is 0 Å². The van der Waals surface area contributed by atoms with E-state index in [0.717, 1.165) is 42.1 Å². The SMILES string of the molecule is N#CC1(c2ccccc2F)CCN(Cc2cc(C(=O)NC3CCCCC3)nc3ccccc23)CC1. The van der Waals surface area contributed by atoms with Gasteiger partial charge >= 0.3 is 0 Å². The van der Waals surface area contributed by atoms with E-state index >= 15 is 0 Å². The lowest BCUT2D eigenvalue weighted by Crippen LogP contribution is -2.42. The van der Waals surface area contributed by atoms with E-state index in [9.17, 15) is 14.4 Å². The van der Waals surface area contributed by atoms with Crippen LogP contribution in [0.5, 0.6) is 0 Å². The first-order valence-corrected chi connectivity index (χ1v) is 12.7. The highest BCUT2D eigenvalue weighted by atomic mass is 19.1. The number of amides is 1. The van der Waals surface area contributed by atoms with Crippen LogP contribution in [0.4, 0.5) is 4.39 Å². The van der Waals surface area contributed by atoms with Crippen LogP contribution in [0.25, 0.3) is 10.9 Å². The van der Waals surface area contributed by atoms with Crippen LogP contribution in [0.2, 0.25) is 0 Å². The van der Waals surface area contributed by atoms with Crippen LogP contribution in [0, 0.1) is 17.1 Å². The summed E-state index contributed by atoms with van der Waals surface area (Å²) < 4.78 is 14.5. The Balaban J connectivity index is 1.35. The van der Waals surface area contributed by atoms with Gasteiger partial charge in [0.25, 0.3) is 5.91 Å². The molecule has 2 fully saturated rings. The van der Waals surface area contributed by atoms with Crippen LogP contribution in [0.1, 0.15) is 66.6 Å². The van der Waals surface area contributed by atoms with Crippen molar-refractivity contribution in [2.24, 2.45) is 0 Å². The number of nitrogens with zero attached hydrogens (tertiary/aromatic N) is 3. The van der Waals surface area contributed by atoms with Crippen LogP contribution in [0.15, 0.2) is 54.6 Å². The highest BCUT2D eigenvalue weighted by Gasteiger charge is 2.38. The first-order valence-electron chi connectivity index (χ1n) is 12.7. The maximum Gasteiger partial charge on any atom is 0.270 e. The maximum absolute atomic E-state index is 14.5. The number of hydrogen-bond donors (Lipinski definition) is 1. The number of piperidine rings is 1. The van der Waals surface area contributed by atoms with Gasteiger partial charge in [-0.2, -0.15) is 5.26 Å². The molecule has 35 heavy (non-hydrogen) atoms. The fourth-order valence-electron chi connectivity index (χ4n) is 5.63. The zero-order valence-electron chi connectivity index (χ0n) is 20.0. The van der Waals surface area contributed by atoms with Crippen molar-refractivity contribution in [3.8, 4) is 6.07 Å². The highest BCUT2D eigenvalue weighted by molar-refractivity contribution is 5.96. The fourth-order valence-corrected chi connectivity index (χ4v) is 5.63. The first kappa shape index (κ1) is 23.4. The number of nitrogens with one attached hydrogen (secondary N) is 1. The predicted molar refractivity (Wildman–Crippen MR) is 134 cm³/mol. The molecule has 6 heteroatoms. The molecule has 1 aromatic heterocycles. The molecule has 0 atom stereocenters. The molecule has 3 aromatic rings. The minimum absolute atomic E-state index is 0.106. The predicted octanol–water partition coefficient (Wildman–Crippen LogP) is 5.49. The van der Waals surface area contributed by atoms with Gasteiger partial charge in [-0.05, 0) is 49.4 Å². The zero-order chi connectivity index (χ0) is 24.3. The van der Waals surface area contributed by atoms with E-state index in [-0.39, 0.29) is 17.8 Å². The molecule has 2 heterocycles. The van der Waals surface area contributed by atoms with Crippen LogP contribution in [-0.4, -0.2) is 34.9 Å².